The molecule has 0 spiro atoms. The highest BCUT2D eigenvalue weighted by Gasteiger charge is 2.19. The van der Waals surface area contributed by atoms with Crippen molar-refractivity contribution in [3.8, 4) is 0 Å². The largest absolute Gasteiger partial charge is 0.462 e. The minimum Gasteiger partial charge on any atom is -0.462 e. The zero-order valence-electron chi connectivity index (χ0n) is 52.5. The summed E-state index contributed by atoms with van der Waals surface area (Å²) in [5, 5.41) is 0. The summed E-state index contributed by atoms with van der Waals surface area (Å²) in [7, 11) is 0. The summed E-state index contributed by atoms with van der Waals surface area (Å²) in [5.74, 6) is -0.922. The van der Waals surface area contributed by atoms with Gasteiger partial charge in [-0.25, -0.2) is 0 Å². The first-order valence-electron chi connectivity index (χ1n) is 33.3. The quantitative estimate of drug-likeness (QED) is 0.0261. The van der Waals surface area contributed by atoms with E-state index in [4.69, 9.17) is 14.2 Å². The Labute approximate surface area is 499 Å². The SMILES string of the molecule is CC/C=C\C/C=C\C/C=C\C/C=C\C/C=C\C/C=C\CCCCCCCCCCC(=O)OCC(COC(=O)CCCCCCC/C=C\C/C=C\CCCCC)OC(=O)CCCCCCCCCC/C=C\C/C=C\C/C=C\C/C=C\CC. The predicted molar refractivity (Wildman–Crippen MR) is 352 cm³/mol. The van der Waals surface area contributed by atoms with Crippen LogP contribution in [0.3, 0.4) is 0 Å². The molecule has 0 aliphatic heterocycles. The second kappa shape index (κ2) is 67.8. The van der Waals surface area contributed by atoms with E-state index in [1.807, 2.05) is 0 Å². The molecule has 0 aromatic carbocycles. The van der Waals surface area contributed by atoms with Crippen LogP contribution in [0.2, 0.25) is 0 Å². The smallest absolute Gasteiger partial charge is 0.306 e. The van der Waals surface area contributed by atoms with Crippen molar-refractivity contribution in [2.24, 2.45) is 0 Å². The number of unbranched alkanes of at least 4 members (excludes halogenated alkanes) is 24. The number of esters is 3. The number of hydrogen-bond acceptors (Lipinski definition) is 6. The Kier molecular flexibility index (Phi) is 63.9. The van der Waals surface area contributed by atoms with Gasteiger partial charge < -0.3 is 14.2 Å². The molecule has 1 unspecified atom stereocenters. The zero-order chi connectivity index (χ0) is 58.5. The Morgan fingerprint density at radius 3 is 0.753 bits per heavy atom. The monoisotopic (exact) mass is 1120 g/mol. The first kappa shape index (κ1) is 76.3. The van der Waals surface area contributed by atoms with Gasteiger partial charge in [0, 0.05) is 19.3 Å². The molecule has 0 rings (SSSR count). The second-order valence-corrected chi connectivity index (χ2v) is 21.6. The van der Waals surface area contributed by atoms with E-state index in [-0.39, 0.29) is 31.1 Å². The molecular formula is C75H122O6. The fourth-order valence-electron chi connectivity index (χ4n) is 8.88. The van der Waals surface area contributed by atoms with E-state index in [1.54, 1.807) is 0 Å². The van der Waals surface area contributed by atoms with E-state index in [0.29, 0.717) is 19.3 Å². The normalized spacial score (nSPS) is 13.1. The molecule has 0 aromatic rings. The van der Waals surface area contributed by atoms with Crippen molar-refractivity contribution >= 4 is 17.9 Å². The van der Waals surface area contributed by atoms with Crippen LogP contribution in [0.4, 0.5) is 0 Å². The fraction of sp³-hybridized carbons (Fsp3) is 0.640. The molecule has 0 fully saturated rings. The summed E-state index contributed by atoms with van der Waals surface area (Å²) in [6, 6.07) is 0. The van der Waals surface area contributed by atoms with Crippen LogP contribution in [0.5, 0.6) is 0 Å². The summed E-state index contributed by atoms with van der Waals surface area (Å²) in [6.07, 6.45) is 97.0. The van der Waals surface area contributed by atoms with Gasteiger partial charge in [0.25, 0.3) is 0 Å². The summed E-state index contributed by atoms with van der Waals surface area (Å²) in [5.41, 5.74) is 0. The lowest BCUT2D eigenvalue weighted by molar-refractivity contribution is -0.167. The van der Waals surface area contributed by atoms with Gasteiger partial charge >= 0.3 is 17.9 Å². The minimum absolute atomic E-state index is 0.0948. The van der Waals surface area contributed by atoms with E-state index in [2.05, 4.69) is 167 Å². The molecule has 0 aliphatic carbocycles. The molecule has 0 aliphatic rings. The third-order valence-electron chi connectivity index (χ3n) is 13.8. The first-order valence-corrected chi connectivity index (χ1v) is 33.3. The van der Waals surface area contributed by atoms with Crippen molar-refractivity contribution in [1.29, 1.82) is 0 Å². The molecule has 0 bridgehead atoms. The van der Waals surface area contributed by atoms with Gasteiger partial charge in [-0.3, -0.25) is 14.4 Å². The second-order valence-electron chi connectivity index (χ2n) is 21.6. The van der Waals surface area contributed by atoms with Crippen molar-refractivity contribution in [2.75, 3.05) is 13.2 Å². The summed E-state index contributed by atoms with van der Waals surface area (Å²) < 4.78 is 16.9. The topological polar surface area (TPSA) is 78.9 Å². The zero-order valence-corrected chi connectivity index (χ0v) is 52.5. The molecule has 0 saturated carbocycles. The lowest BCUT2D eigenvalue weighted by Gasteiger charge is -2.18. The van der Waals surface area contributed by atoms with Crippen LogP contribution in [0.1, 0.15) is 290 Å². The van der Waals surface area contributed by atoms with Crippen LogP contribution in [0.15, 0.2) is 146 Å². The lowest BCUT2D eigenvalue weighted by Crippen LogP contribution is -2.30. The van der Waals surface area contributed by atoms with Crippen LogP contribution in [-0.2, 0) is 28.6 Å². The highest BCUT2D eigenvalue weighted by molar-refractivity contribution is 5.71. The summed E-state index contributed by atoms with van der Waals surface area (Å²) in [6.45, 7) is 6.37. The van der Waals surface area contributed by atoms with Crippen molar-refractivity contribution in [3.63, 3.8) is 0 Å². The molecule has 0 aromatic heterocycles. The molecule has 0 saturated heterocycles. The van der Waals surface area contributed by atoms with Gasteiger partial charge in [-0.2, -0.15) is 0 Å². The average Bonchev–Trinajstić information content (AvgIpc) is 3.47. The third-order valence-corrected chi connectivity index (χ3v) is 13.8. The van der Waals surface area contributed by atoms with Gasteiger partial charge in [0.1, 0.15) is 13.2 Å². The highest BCUT2D eigenvalue weighted by Crippen LogP contribution is 2.15. The first-order chi connectivity index (χ1) is 40.0. The number of ether oxygens (including phenoxy) is 3. The molecule has 0 radical (unpaired) electrons. The van der Waals surface area contributed by atoms with Gasteiger partial charge in [-0.05, 0) is 141 Å². The van der Waals surface area contributed by atoms with Crippen molar-refractivity contribution in [1.82, 2.24) is 0 Å². The Morgan fingerprint density at radius 2 is 0.481 bits per heavy atom. The van der Waals surface area contributed by atoms with E-state index in [9.17, 15) is 14.4 Å². The minimum atomic E-state index is -0.800. The molecule has 6 nitrogen and oxygen atoms in total. The van der Waals surface area contributed by atoms with Crippen LogP contribution in [-0.4, -0.2) is 37.2 Å². The fourth-order valence-corrected chi connectivity index (χ4v) is 8.88. The number of hydrogen-bond donors (Lipinski definition) is 0. The van der Waals surface area contributed by atoms with Crippen LogP contribution >= 0.6 is 0 Å². The Balaban J connectivity index is 4.41. The lowest BCUT2D eigenvalue weighted by atomic mass is 10.1. The van der Waals surface area contributed by atoms with Crippen LogP contribution in [0.25, 0.3) is 0 Å². The third kappa shape index (κ3) is 66.0. The van der Waals surface area contributed by atoms with Gasteiger partial charge in [-0.15, -0.1) is 0 Å². The van der Waals surface area contributed by atoms with E-state index in [0.717, 1.165) is 161 Å². The molecule has 0 heterocycles. The van der Waals surface area contributed by atoms with E-state index < -0.39 is 6.10 Å². The molecule has 0 N–H and O–H groups in total. The molecule has 1 atom stereocenters. The van der Waals surface area contributed by atoms with Crippen molar-refractivity contribution < 1.29 is 28.6 Å². The van der Waals surface area contributed by atoms with E-state index >= 15 is 0 Å². The molecule has 458 valence electrons. The summed E-state index contributed by atoms with van der Waals surface area (Å²) in [4.78, 5) is 38.4. The Hall–Kier alpha value is -4.71. The average molecular weight is 1120 g/mol. The standard InChI is InChI=1S/C75H122O6/c1-4-7-10-13-16-19-22-25-28-30-32-34-35-36-37-38-39-41-42-44-47-50-53-56-59-62-65-68-74(77)80-71-72(70-79-73(76)67-64-61-58-55-52-49-46-27-24-21-18-15-12-9-6-3)81-75(78)69-66-63-60-57-54-51-48-45-43-40-33-31-29-26-23-20-17-14-11-8-5-2/h7-8,10-11,16-21,25-29,32-34,36-37,39-41,46,72H,4-6,9,12-15,22-24,30-31,35,38,42-45,47-71H2,1-3H3/b10-7-,11-8-,19-16-,20-17-,21-18-,28-25-,29-26-,34-32-,37-36-,40-33-,41-39-,46-27-. The maximum absolute atomic E-state index is 12.9. The van der Waals surface area contributed by atoms with E-state index in [1.165, 1.54) is 89.9 Å². The molecular weight excluding hydrogens is 997 g/mol. The number of allylic oxidation sites excluding steroid dienone is 24. The van der Waals surface area contributed by atoms with Crippen molar-refractivity contribution in [2.45, 2.75) is 297 Å². The Bertz CT molecular complexity index is 1760. The number of carbonyl (C=O) groups is 3. The maximum atomic E-state index is 12.9. The summed E-state index contributed by atoms with van der Waals surface area (Å²) >= 11 is 0. The highest BCUT2D eigenvalue weighted by atomic mass is 16.6. The van der Waals surface area contributed by atoms with Crippen molar-refractivity contribution in [3.05, 3.63) is 146 Å². The molecule has 0 amide bonds. The van der Waals surface area contributed by atoms with Gasteiger partial charge in [0.2, 0.25) is 0 Å². The predicted octanol–water partition coefficient (Wildman–Crippen LogP) is 23.1. The van der Waals surface area contributed by atoms with Gasteiger partial charge in [-0.1, -0.05) is 276 Å². The molecule has 6 heteroatoms. The van der Waals surface area contributed by atoms with Crippen LogP contribution < -0.4 is 0 Å². The number of carbonyl (C=O) groups excluding carboxylic acids is 3. The Morgan fingerprint density at radius 1 is 0.259 bits per heavy atom. The number of rotatable bonds is 59. The van der Waals surface area contributed by atoms with Gasteiger partial charge in [0.05, 0.1) is 0 Å². The molecule has 81 heavy (non-hydrogen) atoms. The van der Waals surface area contributed by atoms with Gasteiger partial charge in [0.15, 0.2) is 6.10 Å². The van der Waals surface area contributed by atoms with Crippen LogP contribution in [0, 0.1) is 0 Å². The maximum Gasteiger partial charge on any atom is 0.306 e.